The Labute approximate surface area is 120 Å². The van der Waals surface area contributed by atoms with Crippen molar-refractivity contribution in [3.63, 3.8) is 0 Å². The molecule has 110 valence electrons. The topological polar surface area (TPSA) is 52.6 Å². The van der Waals surface area contributed by atoms with Crippen molar-refractivity contribution in [3.8, 4) is 0 Å². The van der Waals surface area contributed by atoms with Gasteiger partial charge < -0.3 is 15.3 Å². The minimum absolute atomic E-state index is 0.0124. The fraction of sp³-hybridized carbons (Fsp3) is 0.562. The molecule has 0 radical (unpaired) electrons. The summed E-state index contributed by atoms with van der Waals surface area (Å²) in [6.45, 7) is 3.16. The Balaban J connectivity index is 1.89. The first-order chi connectivity index (χ1) is 9.70. The standard InChI is InChI=1S/C16H24N2O2/c1-2-18(13-8-4-3-5-9-13)12-16(20)17-14-10-6-7-11-15(14)19/h3-5,8-9,14-15,19H,2,6-7,10-12H2,1H3,(H,17,20). The molecule has 2 atom stereocenters. The number of carbonyl (C=O) groups is 1. The summed E-state index contributed by atoms with van der Waals surface area (Å²) in [6, 6.07) is 9.85. The van der Waals surface area contributed by atoms with E-state index in [0.717, 1.165) is 37.9 Å². The summed E-state index contributed by atoms with van der Waals surface area (Å²) < 4.78 is 0. The van der Waals surface area contributed by atoms with E-state index in [1.807, 2.05) is 42.2 Å². The molecule has 2 rings (SSSR count). The third kappa shape index (κ3) is 3.97. The van der Waals surface area contributed by atoms with Crippen molar-refractivity contribution >= 4 is 11.6 Å². The predicted octanol–water partition coefficient (Wildman–Crippen LogP) is 1.93. The van der Waals surface area contributed by atoms with Crippen molar-refractivity contribution in [1.82, 2.24) is 5.32 Å². The van der Waals surface area contributed by atoms with Gasteiger partial charge in [0.2, 0.25) is 5.91 Å². The van der Waals surface area contributed by atoms with Crippen molar-refractivity contribution in [2.24, 2.45) is 0 Å². The molecule has 1 aliphatic carbocycles. The minimum atomic E-state index is -0.389. The quantitative estimate of drug-likeness (QED) is 0.864. The van der Waals surface area contributed by atoms with Crippen LogP contribution in [0.1, 0.15) is 32.6 Å². The summed E-state index contributed by atoms with van der Waals surface area (Å²) in [4.78, 5) is 14.2. The highest BCUT2D eigenvalue weighted by atomic mass is 16.3. The molecule has 4 nitrogen and oxygen atoms in total. The highest BCUT2D eigenvalue weighted by Crippen LogP contribution is 2.18. The first kappa shape index (κ1) is 14.9. The molecular weight excluding hydrogens is 252 g/mol. The Bertz CT molecular complexity index is 422. The second-order valence-electron chi connectivity index (χ2n) is 5.38. The van der Waals surface area contributed by atoms with Gasteiger partial charge in [0, 0.05) is 12.2 Å². The van der Waals surface area contributed by atoms with Crippen molar-refractivity contribution in [1.29, 1.82) is 0 Å². The third-order valence-corrected chi connectivity index (χ3v) is 3.91. The molecule has 1 saturated carbocycles. The first-order valence-electron chi connectivity index (χ1n) is 7.48. The fourth-order valence-corrected chi connectivity index (χ4v) is 2.73. The molecule has 0 heterocycles. The maximum Gasteiger partial charge on any atom is 0.239 e. The van der Waals surface area contributed by atoms with Gasteiger partial charge in [0.05, 0.1) is 18.7 Å². The van der Waals surface area contributed by atoms with Crippen LogP contribution in [0.2, 0.25) is 0 Å². The SMILES string of the molecule is CCN(CC(=O)NC1CCCCC1O)c1ccccc1. The van der Waals surface area contributed by atoms with E-state index in [2.05, 4.69) is 5.32 Å². The predicted molar refractivity (Wildman–Crippen MR) is 80.7 cm³/mol. The van der Waals surface area contributed by atoms with E-state index >= 15 is 0 Å². The van der Waals surface area contributed by atoms with Crippen LogP contribution in [0.15, 0.2) is 30.3 Å². The monoisotopic (exact) mass is 276 g/mol. The van der Waals surface area contributed by atoms with E-state index in [1.54, 1.807) is 0 Å². The average Bonchev–Trinajstić information content (AvgIpc) is 2.48. The van der Waals surface area contributed by atoms with Crippen LogP contribution in [0.3, 0.4) is 0 Å². The van der Waals surface area contributed by atoms with Crippen LogP contribution in [0.5, 0.6) is 0 Å². The Morgan fingerprint density at radius 2 is 2.00 bits per heavy atom. The molecule has 1 aliphatic rings. The fourth-order valence-electron chi connectivity index (χ4n) is 2.73. The number of para-hydroxylation sites is 1. The van der Waals surface area contributed by atoms with Gasteiger partial charge in [-0.25, -0.2) is 0 Å². The zero-order chi connectivity index (χ0) is 14.4. The van der Waals surface area contributed by atoms with Crippen molar-refractivity contribution < 1.29 is 9.90 Å². The maximum atomic E-state index is 12.1. The largest absolute Gasteiger partial charge is 0.391 e. The van der Waals surface area contributed by atoms with Crippen LogP contribution >= 0.6 is 0 Å². The van der Waals surface area contributed by atoms with E-state index in [4.69, 9.17) is 0 Å². The lowest BCUT2D eigenvalue weighted by atomic mass is 9.92. The molecule has 0 saturated heterocycles. The molecule has 1 amide bonds. The molecule has 0 bridgehead atoms. The zero-order valence-corrected chi connectivity index (χ0v) is 12.1. The number of nitrogens with zero attached hydrogens (tertiary/aromatic N) is 1. The van der Waals surface area contributed by atoms with Crippen LogP contribution in [0, 0.1) is 0 Å². The van der Waals surface area contributed by atoms with Gasteiger partial charge in [0.15, 0.2) is 0 Å². The van der Waals surface area contributed by atoms with Crippen molar-refractivity contribution in [2.45, 2.75) is 44.8 Å². The van der Waals surface area contributed by atoms with Gasteiger partial charge in [-0.1, -0.05) is 31.0 Å². The van der Waals surface area contributed by atoms with E-state index in [0.29, 0.717) is 6.54 Å². The molecule has 4 heteroatoms. The van der Waals surface area contributed by atoms with Gasteiger partial charge in [0.1, 0.15) is 0 Å². The Morgan fingerprint density at radius 1 is 1.30 bits per heavy atom. The first-order valence-corrected chi connectivity index (χ1v) is 7.48. The van der Waals surface area contributed by atoms with Crippen molar-refractivity contribution in [3.05, 3.63) is 30.3 Å². The lowest BCUT2D eigenvalue weighted by Gasteiger charge is -2.30. The Morgan fingerprint density at radius 3 is 2.65 bits per heavy atom. The van der Waals surface area contributed by atoms with E-state index in [1.165, 1.54) is 0 Å². The number of carbonyl (C=O) groups excluding carboxylic acids is 1. The number of nitrogens with one attached hydrogen (secondary N) is 1. The molecule has 2 unspecified atom stereocenters. The molecule has 20 heavy (non-hydrogen) atoms. The van der Waals surface area contributed by atoms with Gasteiger partial charge in [-0.05, 0) is 31.9 Å². The smallest absolute Gasteiger partial charge is 0.239 e. The summed E-state index contributed by atoms with van der Waals surface area (Å²) in [6.07, 6.45) is 3.42. The number of likely N-dealkylation sites (N-methyl/N-ethyl adjacent to an activating group) is 1. The van der Waals surface area contributed by atoms with Crippen LogP contribution in [-0.4, -0.2) is 36.2 Å². The van der Waals surface area contributed by atoms with Gasteiger partial charge in [-0.15, -0.1) is 0 Å². The average molecular weight is 276 g/mol. The van der Waals surface area contributed by atoms with Crippen LogP contribution in [0.4, 0.5) is 5.69 Å². The normalized spacial score (nSPS) is 22.3. The van der Waals surface area contributed by atoms with Gasteiger partial charge in [-0.2, -0.15) is 0 Å². The van der Waals surface area contributed by atoms with E-state index in [9.17, 15) is 9.90 Å². The molecule has 2 N–H and O–H groups in total. The lowest BCUT2D eigenvalue weighted by molar-refractivity contribution is -0.121. The van der Waals surface area contributed by atoms with Crippen LogP contribution < -0.4 is 10.2 Å². The number of hydrogen-bond donors (Lipinski definition) is 2. The molecule has 1 fully saturated rings. The van der Waals surface area contributed by atoms with Gasteiger partial charge in [0.25, 0.3) is 0 Å². The molecule has 1 aromatic rings. The summed E-state index contributed by atoms with van der Waals surface area (Å²) >= 11 is 0. The number of aliphatic hydroxyl groups is 1. The van der Waals surface area contributed by atoms with Crippen LogP contribution in [0.25, 0.3) is 0 Å². The number of rotatable bonds is 5. The Hall–Kier alpha value is -1.55. The van der Waals surface area contributed by atoms with E-state index in [-0.39, 0.29) is 18.1 Å². The summed E-state index contributed by atoms with van der Waals surface area (Å²) in [7, 11) is 0. The van der Waals surface area contributed by atoms with Crippen LogP contribution in [-0.2, 0) is 4.79 Å². The Kier molecular flexibility index (Phi) is 5.41. The zero-order valence-electron chi connectivity index (χ0n) is 12.1. The van der Waals surface area contributed by atoms with Gasteiger partial charge >= 0.3 is 0 Å². The van der Waals surface area contributed by atoms with E-state index < -0.39 is 0 Å². The molecule has 0 aliphatic heterocycles. The maximum absolute atomic E-state index is 12.1. The lowest BCUT2D eigenvalue weighted by Crippen LogP contribution is -2.48. The molecule has 1 aromatic carbocycles. The van der Waals surface area contributed by atoms with Gasteiger partial charge in [-0.3, -0.25) is 4.79 Å². The number of amides is 1. The minimum Gasteiger partial charge on any atom is -0.391 e. The molecule has 0 aromatic heterocycles. The number of anilines is 1. The summed E-state index contributed by atoms with van der Waals surface area (Å²) in [5.74, 6) is -0.0124. The van der Waals surface area contributed by atoms with Crippen molar-refractivity contribution in [2.75, 3.05) is 18.0 Å². The number of hydrogen-bond acceptors (Lipinski definition) is 3. The second-order valence-corrected chi connectivity index (χ2v) is 5.38. The second kappa shape index (κ2) is 7.29. The number of aliphatic hydroxyl groups excluding tert-OH is 1. The highest BCUT2D eigenvalue weighted by Gasteiger charge is 2.24. The summed E-state index contributed by atoms with van der Waals surface area (Å²) in [5.41, 5.74) is 1.05. The number of benzene rings is 1. The molecule has 0 spiro atoms. The highest BCUT2D eigenvalue weighted by molar-refractivity contribution is 5.81. The summed E-state index contributed by atoms with van der Waals surface area (Å²) in [5, 5.41) is 12.9. The third-order valence-electron chi connectivity index (χ3n) is 3.91. The molecular formula is C16H24N2O2.